The van der Waals surface area contributed by atoms with Gasteiger partial charge in [-0.05, 0) is 0 Å². The topological polar surface area (TPSA) is 56.0 Å². The van der Waals surface area contributed by atoms with Crippen LogP contribution in [0.1, 0.15) is 11.3 Å². The molecule has 0 saturated heterocycles. The van der Waals surface area contributed by atoms with Crippen molar-refractivity contribution in [2.75, 3.05) is 0 Å². The molecule has 4 nitrogen and oxygen atoms in total. The van der Waals surface area contributed by atoms with Crippen LogP contribution in [0, 0.1) is 27.7 Å². The van der Waals surface area contributed by atoms with Crippen LogP contribution in [0.5, 0.6) is 0 Å². The van der Waals surface area contributed by atoms with Gasteiger partial charge in [0.05, 0.1) is 5.56 Å². The molecule has 0 aliphatic carbocycles. The van der Waals surface area contributed by atoms with Crippen molar-refractivity contribution in [2.24, 2.45) is 0 Å². The first-order chi connectivity index (χ1) is 6.97. The van der Waals surface area contributed by atoms with Gasteiger partial charge < -0.3 is 0 Å². The number of rotatable bonds is 3. The van der Waals surface area contributed by atoms with Gasteiger partial charge in [0.25, 0.3) is 5.95 Å². The van der Waals surface area contributed by atoms with E-state index in [1.807, 2.05) is 0 Å². The summed E-state index contributed by atoms with van der Waals surface area (Å²) in [4.78, 5) is 11.9. The van der Waals surface area contributed by atoms with Crippen LogP contribution in [0.2, 0.25) is 0 Å². The number of halogens is 4. The third-order valence-corrected chi connectivity index (χ3v) is 1.63. The zero-order valence-electron chi connectivity index (χ0n) is 7.14. The summed E-state index contributed by atoms with van der Waals surface area (Å²) in [6.45, 7) is -2.55. The predicted octanol–water partition coefficient (Wildman–Crippen LogP) is 1.75. The molecule has 0 aromatic carbocycles. The Bertz CT molecular complexity index is 410. The minimum absolute atomic E-state index is 0.751. The van der Waals surface area contributed by atoms with Crippen LogP contribution < -0.4 is 0 Å². The average molecular weight is 224 g/mol. The second-order valence-corrected chi connectivity index (χ2v) is 2.58. The first kappa shape index (κ1) is 11.3. The van der Waals surface area contributed by atoms with Crippen molar-refractivity contribution in [1.29, 1.82) is 0 Å². The second-order valence-electron chi connectivity index (χ2n) is 2.58. The van der Waals surface area contributed by atoms with Crippen LogP contribution in [-0.4, -0.2) is 9.91 Å². The molecule has 0 bridgehead atoms. The molecule has 1 heterocycles. The summed E-state index contributed by atoms with van der Waals surface area (Å²) in [7, 11) is 0. The van der Waals surface area contributed by atoms with E-state index in [9.17, 15) is 27.7 Å². The Morgan fingerprint density at radius 3 is 2.33 bits per heavy atom. The number of nitro groups is 1. The van der Waals surface area contributed by atoms with Gasteiger partial charge in [0.2, 0.25) is 12.4 Å². The van der Waals surface area contributed by atoms with E-state index in [1.165, 1.54) is 0 Å². The molecule has 15 heavy (non-hydrogen) atoms. The Kier molecular flexibility index (Phi) is 3.17. The molecule has 0 amide bonds. The van der Waals surface area contributed by atoms with Crippen molar-refractivity contribution in [3.8, 4) is 0 Å². The third kappa shape index (κ3) is 2.20. The summed E-state index contributed by atoms with van der Waals surface area (Å²) in [5.41, 5.74) is -1.68. The predicted molar refractivity (Wildman–Crippen MR) is 39.6 cm³/mol. The standard InChI is InChI=1S/C7H4F4N2O2/c8-1-3-4(2-13(14)15)12-7(11)6(10)5(3)9/h1-2H2. The molecule has 0 radical (unpaired) electrons. The van der Waals surface area contributed by atoms with E-state index < -0.39 is 47.0 Å². The van der Waals surface area contributed by atoms with E-state index in [4.69, 9.17) is 0 Å². The Morgan fingerprint density at radius 2 is 1.87 bits per heavy atom. The molecule has 0 unspecified atom stereocenters. The summed E-state index contributed by atoms with van der Waals surface area (Å²) in [5, 5.41) is 10.0. The fraction of sp³-hybridized carbons (Fsp3) is 0.286. The second kappa shape index (κ2) is 4.20. The number of alkyl halides is 1. The van der Waals surface area contributed by atoms with Gasteiger partial charge in [0, 0.05) is 4.92 Å². The quantitative estimate of drug-likeness (QED) is 0.340. The maximum Gasteiger partial charge on any atom is 0.252 e. The SMILES string of the molecule is O=[N+]([O-])Cc1nc(F)c(F)c(F)c1CF. The summed E-state index contributed by atoms with van der Waals surface area (Å²) in [6, 6.07) is 0. The summed E-state index contributed by atoms with van der Waals surface area (Å²) in [5.74, 6) is -5.53. The number of hydrogen-bond donors (Lipinski definition) is 0. The van der Waals surface area contributed by atoms with Crippen molar-refractivity contribution >= 4 is 0 Å². The molecule has 0 N–H and O–H groups in total. The van der Waals surface area contributed by atoms with Crippen LogP contribution in [0.3, 0.4) is 0 Å². The molecule has 0 aliphatic heterocycles. The molecule has 1 aromatic heterocycles. The molecule has 0 fully saturated rings. The lowest BCUT2D eigenvalue weighted by Crippen LogP contribution is -2.10. The van der Waals surface area contributed by atoms with E-state index in [0.717, 1.165) is 0 Å². The fourth-order valence-corrected chi connectivity index (χ4v) is 0.974. The lowest BCUT2D eigenvalue weighted by Gasteiger charge is -2.04. The van der Waals surface area contributed by atoms with Gasteiger partial charge in [0.1, 0.15) is 12.4 Å². The van der Waals surface area contributed by atoms with E-state index in [-0.39, 0.29) is 0 Å². The monoisotopic (exact) mass is 224 g/mol. The van der Waals surface area contributed by atoms with Crippen molar-refractivity contribution in [3.63, 3.8) is 0 Å². The molecule has 0 atom stereocenters. The summed E-state index contributed by atoms with van der Waals surface area (Å²) in [6.07, 6.45) is 0. The fourth-order valence-electron chi connectivity index (χ4n) is 0.974. The van der Waals surface area contributed by atoms with Gasteiger partial charge >= 0.3 is 0 Å². The van der Waals surface area contributed by atoms with Crippen LogP contribution >= 0.6 is 0 Å². The minimum Gasteiger partial charge on any atom is -0.264 e. The van der Waals surface area contributed by atoms with Gasteiger partial charge in [-0.15, -0.1) is 0 Å². The molecule has 0 spiro atoms. The van der Waals surface area contributed by atoms with E-state index in [0.29, 0.717) is 0 Å². The van der Waals surface area contributed by atoms with Crippen LogP contribution in [0.4, 0.5) is 17.6 Å². The van der Waals surface area contributed by atoms with Gasteiger partial charge in [-0.25, -0.2) is 13.8 Å². The highest BCUT2D eigenvalue weighted by Crippen LogP contribution is 2.18. The van der Waals surface area contributed by atoms with E-state index in [1.54, 1.807) is 0 Å². The number of pyridine rings is 1. The molecule has 82 valence electrons. The minimum atomic E-state index is -1.94. The van der Waals surface area contributed by atoms with Crippen molar-refractivity contribution < 1.29 is 22.5 Å². The van der Waals surface area contributed by atoms with Gasteiger partial charge in [-0.1, -0.05) is 0 Å². The molecule has 0 saturated carbocycles. The Morgan fingerprint density at radius 1 is 1.27 bits per heavy atom. The Labute approximate surface area is 80.7 Å². The Balaban J connectivity index is 3.31. The lowest BCUT2D eigenvalue weighted by molar-refractivity contribution is -0.497. The maximum absolute atomic E-state index is 12.9. The summed E-state index contributed by atoms with van der Waals surface area (Å²) < 4.78 is 50.2. The zero-order chi connectivity index (χ0) is 11.6. The third-order valence-electron chi connectivity index (χ3n) is 1.63. The molecular weight excluding hydrogens is 220 g/mol. The average Bonchev–Trinajstić information content (AvgIpc) is 2.14. The van der Waals surface area contributed by atoms with Gasteiger partial charge in [0.15, 0.2) is 5.82 Å². The zero-order valence-corrected chi connectivity index (χ0v) is 7.14. The van der Waals surface area contributed by atoms with E-state index in [2.05, 4.69) is 4.98 Å². The molecule has 0 aliphatic rings. The molecule has 8 heteroatoms. The molecular formula is C7H4F4N2O2. The van der Waals surface area contributed by atoms with Crippen LogP contribution in [0.15, 0.2) is 0 Å². The first-order valence-electron chi connectivity index (χ1n) is 3.67. The number of nitrogens with zero attached hydrogens (tertiary/aromatic N) is 2. The summed E-state index contributed by atoms with van der Waals surface area (Å²) >= 11 is 0. The van der Waals surface area contributed by atoms with Crippen LogP contribution in [-0.2, 0) is 13.2 Å². The van der Waals surface area contributed by atoms with E-state index >= 15 is 0 Å². The largest absolute Gasteiger partial charge is 0.264 e. The smallest absolute Gasteiger partial charge is 0.252 e. The maximum atomic E-state index is 12.9. The van der Waals surface area contributed by atoms with Gasteiger partial charge in [-0.2, -0.15) is 8.78 Å². The Hall–Kier alpha value is -1.73. The highest BCUT2D eigenvalue weighted by molar-refractivity contribution is 5.22. The van der Waals surface area contributed by atoms with Crippen molar-refractivity contribution in [3.05, 3.63) is 39.0 Å². The van der Waals surface area contributed by atoms with Crippen molar-refractivity contribution in [1.82, 2.24) is 4.98 Å². The van der Waals surface area contributed by atoms with Crippen molar-refractivity contribution in [2.45, 2.75) is 13.2 Å². The normalized spacial score (nSPS) is 10.4. The lowest BCUT2D eigenvalue weighted by atomic mass is 10.2. The van der Waals surface area contributed by atoms with Crippen LogP contribution in [0.25, 0.3) is 0 Å². The van der Waals surface area contributed by atoms with Gasteiger partial charge in [-0.3, -0.25) is 10.1 Å². The molecule has 1 aromatic rings. The molecule has 1 rings (SSSR count). The first-order valence-corrected chi connectivity index (χ1v) is 3.67. The highest BCUT2D eigenvalue weighted by atomic mass is 19.2. The number of hydrogen-bond acceptors (Lipinski definition) is 3. The highest BCUT2D eigenvalue weighted by Gasteiger charge is 2.22. The number of aromatic nitrogens is 1.